The molecule has 2 heterocycles. The SMILES string of the molecule is Cc1c(-c2csc(C(C)N)c2)c(F)c(O)c2c(=O)[nH]c(=O)n(C3CC3)c12. The van der Waals surface area contributed by atoms with Crippen molar-refractivity contribution in [3.05, 3.63) is 48.5 Å². The molecule has 26 heavy (non-hydrogen) atoms. The molecule has 3 aromatic rings. The number of aromatic nitrogens is 2. The Labute approximate surface area is 151 Å². The van der Waals surface area contributed by atoms with Crippen LogP contribution in [0.3, 0.4) is 0 Å². The van der Waals surface area contributed by atoms with Gasteiger partial charge in [-0.25, -0.2) is 9.18 Å². The number of phenolic OH excluding ortho intramolecular Hbond substituents is 1. The summed E-state index contributed by atoms with van der Waals surface area (Å²) in [5.74, 6) is -1.60. The van der Waals surface area contributed by atoms with Crippen molar-refractivity contribution in [2.75, 3.05) is 0 Å². The van der Waals surface area contributed by atoms with E-state index in [0.717, 1.165) is 17.7 Å². The quantitative estimate of drug-likeness (QED) is 0.655. The van der Waals surface area contributed by atoms with E-state index in [1.54, 1.807) is 18.4 Å². The molecule has 4 rings (SSSR count). The number of phenols is 1. The lowest BCUT2D eigenvalue weighted by Gasteiger charge is -2.16. The Morgan fingerprint density at radius 1 is 1.42 bits per heavy atom. The topological polar surface area (TPSA) is 101 Å². The number of aromatic hydroxyl groups is 1. The molecule has 1 unspecified atom stereocenters. The number of thiophene rings is 1. The van der Waals surface area contributed by atoms with E-state index in [9.17, 15) is 14.7 Å². The van der Waals surface area contributed by atoms with Crippen LogP contribution in [-0.4, -0.2) is 14.7 Å². The number of fused-ring (bicyclic) bond motifs is 1. The molecule has 0 amide bonds. The largest absolute Gasteiger partial charge is 0.504 e. The van der Waals surface area contributed by atoms with Crippen LogP contribution in [0.15, 0.2) is 21.0 Å². The fraction of sp³-hybridized carbons (Fsp3) is 0.333. The molecule has 8 heteroatoms. The summed E-state index contributed by atoms with van der Waals surface area (Å²) >= 11 is 1.40. The smallest absolute Gasteiger partial charge is 0.329 e. The first-order chi connectivity index (χ1) is 12.3. The van der Waals surface area contributed by atoms with Crippen LogP contribution in [0.2, 0.25) is 0 Å². The lowest BCUT2D eigenvalue weighted by atomic mass is 9.97. The van der Waals surface area contributed by atoms with E-state index >= 15 is 4.39 Å². The Bertz CT molecular complexity index is 1160. The van der Waals surface area contributed by atoms with E-state index in [4.69, 9.17) is 5.73 Å². The van der Waals surface area contributed by atoms with Gasteiger partial charge in [0.25, 0.3) is 5.56 Å². The van der Waals surface area contributed by atoms with Crippen molar-refractivity contribution < 1.29 is 9.50 Å². The normalized spacial score (nSPS) is 15.5. The predicted octanol–water partition coefficient (Wildman–Crippen LogP) is 2.93. The molecule has 0 bridgehead atoms. The van der Waals surface area contributed by atoms with Crippen molar-refractivity contribution in [1.82, 2.24) is 9.55 Å². The molecule has 136 valence electrons. The van der Waals surface area contributed by atoms with Crippen molar-refractivity contribution in [1.29, 1.82) is 0 Å². The van der Waals surface area contributed by atoms with Crippen molar-refractivity contribution in [3.8, 4) is 16.9 Å². The highest BCUT2D eigenvalue weighted by atomic mass is 32.1. The summed E-state index contributed by atoms with van der Waals surface area (Å²) in [6.45, 7) is 3.50. The fourth-order valence-electron chi connectivity index (χ4n) is 3.40. The number of nitrogens with two attached hydrogens (primary N) is 1. The number of nitrogens with one attached hydrogen (secondary N) is 1. The third-order valence-corrected chi connectivity index (χ3v) is 5.94. The van der Waals surface area contributed by atoms with Crippen LogP contribution >= 0.6 is 11.3 Å². The predicted molar refractivity (Wildman–Crippen MR) is 99.4 cm³/mol. The zero-order valence-corrected chi connectivity index (χ0v) is 15.1. The third-order valence-electron chi connectivity index (χ3n) is 4.81. The molecule has 1 saturated carbocycles. The Morgan fingerprint density at radius 3 is 2.69 bits per heavy atom. The number of hydrogen-bond donors (Lipinski definition) is 3. The Kier molecular flexibility index (Phi) is 3.78. The second kappa shape index (κ2) is 5.78. The molecule has 1 atom stereocenters. The van der Waals surface area contributed by atoms with Crippen molar-refractivity contribution in [2.45, 2.75) is 38.8 Å². The molecule has 1 fully saturated rings. The Hall–Kier alpha value is -2.45. The number of halogens is 1. The molecule has 0 spiro atoms. The van der Waals surface area contributed by atoms with E-state index in [-0.39, 0.29) is 23.0 Å². The minimum absolute atomic E-state index is 0.0413. The third kappa shape index (κ3) is 2.40. The first-order valence-corrected chi connectivity index (χ1v) is 9.23. The molecule has 4 N–H and O–H groups in total. The monoisotopic (exact) mass is 375 g/mol. The summed E-state index contributed by atoms with van der Waals surface area (Å²) in [4.78, 5) is 27.7. The van der Waals surface area contributed by atoms with Crippen LogP contribution in [0.25, 0.3) is 22.0 Å². The first-order valence-electron chi connectivity index (χ1n) is 8.35. The van der Waals surface area contributed by atoms with Gasteiger partial charge in [0.1, 0.15) is 5.39 Å². The van der Waals surface area contributed by atoms with E-state index < -0.39 is 22.8 Å². The van der Waals surface area contributed by atoms with Crippen LogP contribution in [-0.2, 0) is 0 Å². The minimum Gasteiger partial charge on any atom is -0.504 e. The van der Waals surface area contributed by atoms with Gasteiger partial charge in [0.05, 0.1) is 5.52 Å². The molecule has 0 radical (unpaired) electrons. The zero-order chi connectivity index (χ0) is 18.7. The highest BCUT2D eigenvalue weighted by Crippen LogP contribution is 2.42. The number of aryl methyl sites for hydroxylation is 1. The number of H-pyrrole nitrogens is 1. The second-order valence-corrected chi connectivity index (χ2v) is 7.72. The van der Waals surface area contributed by atoms with Crippen LogP contribution in [0, 0.1) is 12.7 Å². The first kappa shape index (κ1) is 17.0. The van der Waals surface area contributed by atoms with Gasteiger partial charge in [-0.3, -0.25) is 14.3 Å². The number of nitrogens with zero attached hydrogens (tertiary/aromatic N) is 1. The number of aromatic amines is 1. The summed E-state index contributed by atoms with van der Waals surface area (Å²) in [5, 5.41) is 12.0. The van der Waals surface area contributed by atoms with Gasteiger partial charge in [0.15, 0.2) is 11.6 Å². The second-order valence-electron chi connectivity index (χ2n) is 6.77. The van der Waals surface area contributed by atoms with Gasteiger partial charge in [0, 0.05) is 22.5 Å². The van der Waals surface area contributed by atoms with Gasteiger partial charge in [0.2, 0.25) is 0 Å². The molecule has 1 aliphatic carbocycles. The summed E-state index contributed by atoms with van der Waals surface area (Å²) in [7, 11) is 0. The molecule has 2 aromatic heterocycles. The van der Waals surface area contributed by atoms with Gasteiger partial charge in [-0.15, -0.1) is 11.3 Å². The van der Waals surface area contributed by atoms with E-state index in [1.807, 2.05) is 6.92 Å². The van der Waals surface area contributed by atoms with Crippen LogP contribution in [0.1, 0.15) is 42.3 Å². The van der Waals surface area contributed by atoms with Crippen LogP contribution < -0.4 is 17.0 Å². The van der Waals surface area contributed by atoms with Crippen LogP contribution in [0.5, 0.6) is 5.75 Å². The molecule has 1 aliphatic rings. The van der Waals surface area contributed by atoms with Crippen LogP contribution in [0.4, 0.5) is 4.39 Å². The average Bonchev–Trinajstić information content (AvgIpc) is 3.28. The van der Waals surface area contributed by atoms with Gasteiger partial charge in [-0.05, 0) is 49.3 Å². The maximum Gasteiger partial charge on any atom is 0.329 e. The average molecular weight is 375 g/mol. The van der Waals surface area contributed by atoms with Crippen molar-refractivity contribution >= 4 is 22.2 Å². The molecular formula is C18H18FN3O3S. The number of benzene rings is 1. The van der Waals surface area contributed by atoms with Gasteiger partial charge in [-0.1, -0.05) is 0 Å². The molecule has 0 aliphatic heterocycles. The summed E-state index contributed by atoms with van der Waals surface area (Å²) in [6.07, 6.45) is 1.61. The summed E-state index contributed by atoms with van der Waals surface area (Å²) in [5.41, 5.74) is 6.09. The molecule has 1 aromatic carbocycles. The standard InChI is InChI=1S/C18H18FN3O3S/c1-7-12(9-5-11(8(2)20)26-6-9)14(19)16(23)13-15(7)22(10-3-4-10)18(25)21-17(13)24/h5-6,8,10,23H,3-4,20H2,1-2H3,(H,21,24,25). The highest BCUT2D eigenvalue weighted by Gasteiger charge is 2.31. The van der Waals surface area contributed by atoms with Crippen molar-refractivity contribution in [2.24, 2.45) is 5.73 Å². The summed E-state index contributed by atoms with van der Waals surface area (Å²) < 4.78 is 16.5. The Balaban J connectivity index is 2.14. The summed E-state index contributed by atoms with van der Waals surface area (Å²) in [6, 6.07) is 1.54. The van der Waals surface area contributed by atoms with Gasteiger partial charge < -0.3 is 10.8 Å². The molecule has 6 nitrogen and oxygen atoms in total. The maximum atomic E-state index is 15.0. The highest BCUT2D eigenvalue weighted by molar-refractivity contribution is 7.10. The molecule has 0 saturated heterocycles. The van der Waals surface area contributed by atoms with E-state index in [2.05, 4.69) is 4.98 Å². The zero-order valence-electron chi connectivity index (χ0n) is 14.3. The lowest BCUT2D eigenvalue weighted by molar-refractivity contribution is 0.438. The molecular weight excluding hydrogens is 357 g/mol. The minimum atomic E-state index is -0.865. The number of hydrogen-bond acceptors (Lipinski definition) is 5. The Morgan fingerprint density at radius 2 is 2.12 bits per heavy atom. The number of rotatable bonds is 3. The lowest BCUT2D eigenvalue weighted by Crippen LogP contribution is -2.30. The maximum absolute atomic E-state index is 15.0. The van der Waals surface area contributed by atoms with E-state index in [0.29, 0.717) is 16.6 Å². The van der Waals surface area contributed by atoms with Gasteiger partial charge >= 0.3 is 5.69 Å². The van der Waals surface area contributed by atoms with E-state index in [1.165, 1.54) is 15.9 Å². The van der Waals surface area contributed by atoms with Crippen molar-refractivity contribution in [3.63, 3.8) is 0 Å². The van der Waals surface area contributed by atoms with Gasteiger partial charge in [-0.2, -0.15) is 0 Å². The fourth-order valence-corrected chi connectivity index (χ4v) is 4.25.